The van der Waals surface area contributed by atoms with Crippen molar-refractivity contribution in [3.05, 3.63) is 29.6 Å². The molecule has 4 heteroatoms. The number of methoxy groups -OCH3 is 1. The van der Waals surface area contributed by atoms with Gasteiger partial charge in [-0.05, 0) is 31.4 Å². The van der Waals surface area contributed by atoms with Crippen LogP contribution in [0.4, 0.5) is 4.39 Å². The van der Waals surface area contributed by atoms with E-state index in [1.165, 1.54) is 7.11 Å². The molecule has 1 fully saturated rings. The summed E-state index contributed by atoms with van der Waals surface area (Å²) in [5, 5.41) is 0. The Kier molecular flexibility index (Phi) is 4.77. The summed E-state index contributed by atoms with van der Waals surface area (Å²) in [6.07, 6.45) is 2.25. The Morgan fingerprint density at radius 2 is 2.26 bits per heavy atom. The van der Waals surface area contributed by atoms with Gasteiger partial charge in [-0.15, -0.1) is 0 Å². The number of hydrogen-bond donors (Lipinski definition) is 1. The molecular formula is C15H23FN2O. The van der Waals surface area contributed by atoms with Gasteiger partial charge >= 0.3 is 0 Å². The molecule has 0 radical (unpaired) electrons. The van der Waals surface area contributed by atoms with Gasteiger partial charge in [0, 0.05) is 24.7 Å². The van der Waals surface area contributed by atoms with E-state index >= 15 is 0 Å². The first-order valence-corrected chi connectivity index (χ1v) is 6.91. The van der Waals surface area contributed by atoms with Crippen LogP contribution < -0.4 is 10.5 Å². The first-order valence-electron chi connectivity index (χ1n) is 6.91. The van der Waals surface area contributed by atoms with Crippen LogP contribution in [0.1, 0.15) is 25.3 Å². The molecule has 0 amide bonds. The van der Waals surface area contributed by atoms with Crippen molar-refractivity contribution in [1.82, 2.24) is 4.90 Å². The molecule has 2 rings (SSSR count). The van der Waals surface area contributed by atoms with E-state index in [1.807, 2.05) is 12.1 Å². The Balaban J connectivity index is 2.12. The normalized spacial score (nSPS) is 24.4. The molecule has 1 aliphatic heterocycles. The Labute approximate surface area is 114 Å². The SMILES string of the molecule is COc1cccc(CN2CCC(C)CC2CN)c1F. The predicted molar refractivity (Wildman–Crippen MR) is 74.6 cm³/mol. The minimum Gasteiger partial charge on any atom is -0.494 e. The van der Waals surface area contributed by atoms with Gasteiger partial charge in [-0.25, -0.2) is 4.39 Å². The van der Waals surface area contributed by atoms with E-state index in [0.717, 1.165) is 19.4 Å². The molecule has 0 aromatic heterocycles. The molecule has 1 saturated heterocycles. The summed E-state index contributed by atoms with van der Waals surface area (Å²) in [6, 6.07) is 5.66. The molecule has 1 aliphatic rings. The van der Waals surface area contributed by atoms with Gasteiger partial charge in [0.15, 0.2) is 11.6 Å². The number of likely N-dealkylation sites (tertiary alicyclic amines) is 1. The third kappa shape index (κ3) is 3.25. The Morgan fingerprint density at radius 3 is 2.95 bits per heavy atom. The monoisotopic (exact) mass is 266 g/mol. The number of ether oxygens (including phenoxy) is 1. The molecule has 1 aromatic carbocycles. The van der Waals surface area contributed by atoms with Gasteiger partial charge in [0.25, 0.3) is 0 Å². The van der Waals surface area contributed by atoms with Crippen LogP contribution in [0.3, 0.4) is 0 Å². The highest BCUT2D eigenvalue weighted by atomic mass is 19.1. The third-order valence-corrected chi connectivity index (χ3v) is 4.01. The maximum atomic E-state index is 14.2. The van der Waals surface area contributed by atoms with Gasteiger partial charge in [0.2, 0.25) is 0 Å². The van der Waals surface area contributed by atoms with Crippen molar-refractivity contribution in [1.29, 1.82) is 0 Å². The summed E-state index contributed by atoms with van der Waals surface area (Å²) in [7, 11) is 1.49. The van der Waals surface area contributed by atoms with E-state index in [0.29, 0.717) is 36.4 Å². The summed E-state index contributed by atoms with van der Waals surface area (Å²) in [5.41, 5.74) is 6.53. The third-order valence-electron chi connectivity index (χ3n) is 4.01. The van der Waals surface area contributed by atoms with Gasteiger partial charge in [-0.1, -0.05) is 19.1 Å². The van der Waals surface area contributed by atoms with Crippen LogP contribution in [0.25, 0.3) is 0 Å². The molecule has 0 bridgehead atoms. The Bertz CT molecular complexity index is 425. The second-order valence-electron chi connectivity index (χ2n) is 5.42. The lowest BCUT2D eigenvalue weighted by atomic mass is 9.92. The van der Waals surface area contributed by atoms with E-state index in [-0.39, 0.29) is 5.82 Å². The zero-order valence-electron chi connectivity index (χ0n) is 11.7. The summed E-state index contributed by atoms with van der Waals surface area (Å²) in [5.74, 6) is 0.770. The molecule has 2 atom stereocenters. The number of nitrogens with zero attached hydrogens (tertiary/aromatic N) is 1. The highest BCUT2D eigenvalue weighted by Crippen LogP contribution is 2.26. The van der Waals surface area contributed by atoms with Crippen molar-refractivity contribution < 1.29 is 9.13 Å². The number of hydrogen-bond acceptors (Lipinski definition) is 3. The largest absolute Gasteiger partial charge is 0.494 e. The Morgan fingerprint density at radius 1 is 1.47 bits per heavy atom. The smallest absolute Gasteiger partial charge is 0.169 e. The van der Waals surface area contributed by atoms with Crippen molar-refractivity contribution >= 4 is 0 Å². The van der Waals surface area contributed by atoms with Crippen LogP contribution in [0.5, 0.6) is 5.75 Å². The molecule has 0 spiro atoms. The summed E-state index contributed by atoms with van der Waals surface area (Å²) >= 11 is 0. The molecular weight excluding hydrogens is 243 g/mol. The van der Waals surface area contributed by atoms with Gasteiger partial charge in [-0.3, -0.25) is 4.90 Å². The molecule has 2 unspecified atom stereocenters. The lowest BCUT2D eigenvalue weighted by Crippen LogP contribution is -2.45. The van der Waals surface area contributed by atoms with Crippen molar-refractivity contribution in [2.75, 3.05) is 20.2 Å². The zero-order chi connectivity index (χ0) is 13.8. The molecule has 0 aliphatic carbocycles. The number of halogens is 1. The number of benzene rings is 1. The maximum absolute atomic E-state index is 14.2. The van der Waals surface area contributed by atoms with Crippen LogP contribution >= 0.6 is 0 Å². The first-order chi connectivity index (χ1) is 9.15. The first kappa shape index (κ1) is 14.3. The standard InChI is InChI=1S/C15H23FN2O/c1-11-6-7-18(13(8-11)9-17)10-12-4-3-5-14(19-2)15(12)16/h3-5,11,13H,6-10,17H2,1-2H3. The van der Waals surface area contributed by atoms with Crippen molar-refractivity contribution in [3.8, 4) is 5.75 Å². The fourth-order valence-electron chi connectivity index (χ4n) is 2.81. The van der Waals surface area contributed by atoms with E-state index < -0.39 is 0 Å². The van der Waals surface area contributed by atoms with Crippen molar-refractivity contribution in [2.45, 2.75) is 32.4 Å². The quantitative estimate of drug-likeness (QED) is 0.909. The molecule has 2 N–H and O–H groups in total. The topological polar surface area (TPSA) is 38.5 Å². The lowest BCUT2D eigenvalue weighted by Gasteiger charge is -2.38. The second kappa shape index (κ2) is 6.35. The van der Waals surface area contributed by atoms with Gasteiger partial charge in [0.1, 0.15) is 0 Å². The van der Waals surface area contributed by atoms with E-state index in [4.69, 9.17) is 10.5 Å². The van der Waals surface area contributed by atoms with Crippen molar-refractivity contribution in [3.63, 3.8) is 0 Å². The zero-order valence-corrected chi connectivity index (χ0v) is 11.7. The fourth-order valence-corrected chi connectivity index (χ4v) is 2.81. The predicted octanol–water partition coefficient (Wildman–Crippen LogP) is 2.39. The molecule has 1 aromatic rings. The summed E-state index contributed by atoms with van der Waals surface area (Å²) in [6.45, 7) is 4.49. The number of piperidine rings is 1. The molecule has 19 heavy (non-hydrogen) atoms. The minimum absolute atomic E-state index is 0.251. The molecule has 1 heterocycles. The van der Waals surface area contributed by atoms with Crippen LogP contribution in [0.2, 0.25) is 0 Å². The highest BCUT2D eigenvalue weighted by molar-refractivity contribution is 5.31. The van der Waals surface area contributed by atoms with Gasteiger partial charge < -0.3 is 10.5 Å². The average molecular weight is 266 g/mol. The van der Waals surface area contributed by atoms with Gasteiger partial charge in [-0.2, -0.15) is 0 Å². The summed E-state index contributed by atoms with van der Waals surface area (Å²) in [4.78, 5) is 2.29. The minimum atomic E-state index is -0.251. The van der Waals surface area contributed by atoms with Crippen LogP contribution in [-0.4, -0.2) is 31.1 Å². The average Bonchev–Trinajstić information content (AvgIpc) is 2.42. The highest BCUT2D eigenvalue weighted by Gasteiger charge is 2.26. The lowest BCUT2D eigenvalue weighted by molar-refractivity contribution is 0.114. The van der Waals surface area contributed by atoms with E-state index in [1.54, 1.807) is 6.07 Å². The van der Waals surface area contributed by atoms with E-state index in [9.17, 15) is 4.39 Å². The fraction of sp³-hybridized carbons (Fsp3) is 0.600. The van der Waals surface area contributed by atoms with Crippen LogP contribution in [0, 0.1) is 11.7 Å². The molecule has 3 nitrogen and oxygen atoms in total. The maximum Gasteiger partial charge on any atom is 0.169 e. The number of nitrogens with two attached hydrogens (primary N) is 1. The molecule has 0 saturated carbocycles. The molecule has 106 valence electrons. The summed E-state index contributed by atoms with van der Waals surface area (Å²) < 4.78 is 19.2. The number of rotatable bonds is 4. The van der Waals surface area contributed by atoms with E-state index in [2.05, 4.69) is 11.8 Å². The second-order valence-corrected chi connectivity index (χ2v) is 5.42. The van der Waals surface area contributed by atoms with Crippen LogP contribution in [-0.2, 0) is 6.54 Å². The van der Waals surface area contributed by atoms with Crippen LogP contribution in [0.15, 0.2) is 18.2 Å². The van der Waals surface area contributed by atoms with Crippen molar-refractivity contribution in [2.24, 2.45) is 11.7 Å². The van der Waals surface area contributed by atoms with Gasteiger partial charge in [0.05, 0.1) is 7.11 Å². The Hall–Kier alpha value is -1.13.